The number of fused-ring (bicyclic) bond motifs is 3. The van der Waals surface area contributed by atoms with Crippen LogP contribution < -0.4 is 4.90 Å². The maximum Gasteiger partial charge on any atom is 0.273 e. The average molecular weight is 330 g/mol. The quantitative estimate of drug-likeness (QED) is 0.609. The SMILES string of the molecule is c1ccc(-c2nc([NH+]3CCCCC3)c3oc4ccccc4c3n2)cc1. The molecule has 5 rings (SSSR count). The van der Waals surface area contributed by atoms with Gasteiger partial charge in [-0.15, -0.1) is 0 Å². The molecule has 2 aromatic heterocycles. The summed E-state index contributed by atoms with van der Waals surface area (Å²) in [6.07, 6.45) is 3.78. The normalized spacial score (nSPS) is 15.8. The van der Waals surface area contributed by atoms with Gasteiger partial charge in [0, 0.05) is 10.9 Å². The number of rotatable bonds is 2. The summed E-state index contributed by atoms with van der Waals surface area (Å²) in [7, 11) is 0. The molecule has 0 radical (unpaired) electrons. The van der Waals surface area contributed by atoms with Gasteiger partial charge in [-0.3, -0.25) is 4.90 Å². The van der Waals surface area contributed by atoms with Crippen LogP contribution in [0.3, 0.4) is 0 Å². The summed E-state index contributed by atoms with van der Waals surface area (Å²) in [4.78, 5) is 11.2. The second kappa shape index (κ2) is 5.97. The van der Waals surface area contributed by atoms with Crippen LogP contribution in [-0.2, 0) is 0 Å². The lowest BCUT2D eigenvalue weighted by Crippen LogP contribution is -3.08. The van der Waals surface area contributed by atoms with Gasteiger partial charge in [-0.05, 0) is 31.4 Å². The summed E-state index contributed by atoms with van der Waals surface area (Å²) in [6, 6.07) is 18.3. The highest BCUT2D eigenvalue weighted by atomic mass is 16.3. The van der Waals surface area contributed by atoms with Crippen molar-refractivity contribution in [3.8, 4) is 11.4 Å². The summed E-state index contributed by atoms with van der Waals surface area (Å²) in [5.74, 6) is 1.80. The van der Waals surface area contributed by atoms with Gasteiger partial charge in [0.1, 0.15) is 11.1 Å². The third-order valence-corrected chi connectivity index (χ3v) is 5.04. The molecule has 1 N–H and O–H groups in total. The number of benzene rings is 2. The van der Waals surface area contributed by atoms with Gasteiger partial charge in [0.15, 0.2) is 5.82 Å². The van der Waals surface area contributed by atoms with E-state index in [2.05, 4.69) is 18.2 Å². The van der Waals surface area contributed by atoms with Crippen LogP contribution in [-0.4, -0.2) is 23.1 Å². The van der Waals surface area contributed by atoms with Crippen molar-refractivity contribution in [3.05, 3.63) is 54.6 Å². The Labute approximate surface area is 146 Å². The van der Waals surface area contributed by atoms with Crippen LogP contribution in [0.5, 0.6) is 0 Å². The van der Waals surface area contributed by atoms with Gasteiger partial charge >= 0.3 is 0 Å². The second-order valence-electron chi connectivity index (χ2n) is 6.70. The Hall–Kier alpha value is -2.72. The molecule has 1 aliphatic rings. The van der Waals surface area contributed by atoms with Crippen LogP contribution in [0.4, 0.5) is 5.82 Å². The zero-order valence-corrected chi connectivity index (χ0v) is 14.0. The molecule has 0 saturated carbocycles. The predicted octanol–water partition coefficient (Wildman–Crippen LogP) is 3.74. The van der Waals surface area contributed by atoms with Crippen LogP contribution in [0.25, 0.3) is 33.5 Å². The Morgan fingerprint density at radius 1 is 0.800 bits per heavy atom. The van der Waals surface area contributed by atoms with Gasteiger partial charge in [0.2, 0.25) is 5.58 Å². The van der Waals surface area contributed by atoms with Gasteiger partial charge in [0.05, 0.1) is 13.1 Å². The minimum absolute atomic E-state index is 0.785. The summed E-state index contributed by atoms with van der Waals surface area (Å²) in [5.41, 5.74) is 3.71. The van der Waals surface area contributed by atoms with E-state index in [1.54, 1.807) is 0 Å². The number of nitrogens with zero attached hydrogens (tertiary/aromatic N) is 2. The van der Waals surface area contributed by atoms with Crippen LogP contribution in [0.2, 0.25) is 0 Å². The maximum atomic E-state index is 6.18. The summed E-state index contributed by atoms with van der Waals surface area (Å²) >= 11 is 0. The smallest absolute Gasteiger partial charge is 0.273 e. The van der Waals surface area contributed by atoms with E-state index in [-0.39, 0.29) is 0 Å². The monoisotopic (exact) mass is 330 g/mol. The molecule has 0 spiro atoms. The van der Waals surface area contributed by atoms with Crippen molar-refractivity contribution in [1.29, 1.82) is 0 Å². The Morgan fingerprint density at radius 2 is 1.56 bits per heavy atom. The molecule has 0 atom stereocenters. The van der Waals surface area contributed by atoms with Crippen molar-refractivity contribution in [2.45, 2.75) is 19.3 Å². The molecule has 124 valence electrons. The van der Waals surface area contributed by atoms with E-state index < -0.39 is 0 Å². The lowest BCUT2D eigenvalue weighted by atomic mass is 10.1. The number of aromatic nitrogens is 2. The summed E-state index contributed by atoms with van der Waals surface area (Å²) < 4.78 is 6.18. The molecule has 1 fully saturated rings. The molecule has 0 bridgehead atoms. The Balaban J connectivity index is 1.80. The lowest BCUT2D eigenvalue weighted by Gasteiger charge is -2.22. The minimum atomic E-state index is 0.785. The highest BCUT2D eigenvalue weighted by Gasteiger charge is 2.26. The molecule has 4 heteroatoms. The molecule has 1 saturated heterocycles. The van der Waals surface area contributed by atoms with Gasteiger partial charge in [0.25, 0.3) is 5.82 Å². The molecule has 0 amide bonds. The van der Waals surface area contributed by atoms with Gasteiger partial charge in [-0.25, -0.2) is 4.98 Å². The molecule has 4 nitrogen and oxygen atoms in total. The Bertz CT molecular complexity index is 1030. The Morgan fingerprint density at radius 3 is 2.40 bits per heavy atom. The fourth-order valence-electron chi connectivity index (χ4n) is 3.76. The third-order valence-electron chi connectivity index (χ3n) is 5.04. The summed E-state index contributed by atoms with van der Waals surface area (Å²) in [5, 5.41) is 1.06. The summed E-state index contributed by atoms with van der Waals surface area (Å²) in [6.45, 7) is 2.22. The van der Waals surface area contributed by atoms with Gasteiger partial charge in [-0.1, -0.05) is 42.5 Å². The van der Waals surface area contributed by atoms with E-state index in [1.807, 2.05) is 36.4 Å². The first-order valence-corrected chi connectivity index (χ1v) is 9.00. The fraction of sp³-hybridized carbons (Fsp3) is 0.238. The highest BCUT2D eigenvalue weighted by molar-refractivity contribution is 6.05. The van der Waals surface area contributed by atoms with Gasteiger partial charge < -0.3 is 4.42 Å². The van der Waals surface area contributed by atoms with Crippen molar-refractivity contribution in [2.24, 2.45) is 0 Å². The molecule has 4 aromatic rings. The van der Waals surface area contributed by atoms with E-state index in [4.69, 9.17) is 14.4 Å². The van der Waals surface area contributed by atoms with Crippen LogP contribution in [0.15, 0.2) is 59.0 Å². The van der Waals surface area contributed by atoms with Crippen LogP contribution in [0.1, 0.15) is 19.3 Å². The van der Waals surface area contributed by atoms with E-state index in [0.717, 1.165) is 52.4 Å². The Kier molecular flexibility index (Phi) is 3.49. The largest absolute Gasteiger partial charge is 0.446 e. The number of nitrogens with one attached hydrogen (secondary N) is 1. The van der Waals surface area contributed by atoms with Crippen molar-refractivity contribution < 1.29 is 9.32 Å². The predicted molar refractivity (Wildman–Crippen MR) is 99.0 cm³/mol. The van der Waals surface area contributed by atoms with Crippen molar-refractivity contribution in [3.63, 3.8) is 0 Å². The highest BCUT2D eigenvalue weighted by Crippen LogP contribution is 2.31. The number of hydrogen-bond acceptors (Lipinski definition) is 3. The standard InChI is InChI=1S/C21H19N3O/c1-3-9-15(10-4-1)20-22-18-16-11-5-6-12-17(16)25-19(18)21(23-20)24-13-7-2-8-14-24/h1,3-6,9-12H,2,7-8,13-14H2/p+1. The van der Waals surface area contributed by atoms with E-state index in [1.165, 1.54) is 24.2 Å². The molecule has 3 heterocycles. The number of furan rings is 1. The van der Waals surface area contributed by atoms with Crippen molar-refractivity contribution in [2.75, 3.05) is 13.1 Å². The first-order chi connectivity index (χ1) is 12.4. The molecule has 2 aromatic carbocycles. The minimum Gasteiger partial charge on any atom is -0.446 e. The third kappa shape index (κ3) is 2.50. The second-order valence-corrected chi connectivity index (χ2v) is 6.70. The van der Waals surface area contributed by atoms with E-state index in [9.17, 15) is 0 Å². The number of piperidine rings is 1. The number of para-hydroxylation sites is 1. The first kappa shape index (κ1) is 14.6. The molecular weight excluding hydrogens is 310 g/mol. The topological polar surface area (TPSA) is 43.4 Å². The molecular formula is C21H20N3O+. The van der Waals surface area contributed by atoms with Crippen LogP contribution >= 0.6 is 0 Å². The molecule has 0 aliphatic carbocycles. The fourth-order valence-corrected chi connectivity index (χ4v) is 3.76. The zero-order valence-electron chi connectivity index (χ0n) is 14.0. The number of hydrogen-bond donors (Lipinski definition) is 1. The molecule has 0 unspecified atom stereocenters. The first-order valence-electron chi connectivity index (χ1n) is 9.00. The van der Waals surface area contributed by atoms with Crippen molar-refractivity contribution in [1.82, 2.24) is 9.97 Å². The molecule has 25 heavy (non-hydrogen) atoms. The van der Waals surface area contributed by atoms with Gasteiger partial charge in [-0.2, -0.15) is 4.98 Å². The van der Waals surface area contributed by atoms with E-state index >= 15 is 0 Å². The van der Waals surface area contributed by atoms with E-state index in [0.29, 0.717) is 0 Å². The molecule has 1 aliphatic heterocycles. The number of quaternary nitrogens is 1. The average Bonchev–Trinajstić information content (AvgIpc) is 3.07. The maximum absolute atomic E-state index is 6.18. The van der Waals surface area contributed by atoms with Crippen molar-refractivity contribution >= 4 is 27.9 Å². The van der Waals surface area contributed by atoms with Crippen LogP contribution in [0, 0.1) is 0 Å². The lowest BCUT2D eigenvalue weighted by molar-refractivity contribution is -0.839. The zero-order chi connectivity index (χ0) is 16.6.